The first kappa shape index (κ1) is 10.5. The Morgan fingerprint density at radius 1 is 1.40 bits per heavy atom. The molecule has 4 heteroatoms. The smallest absolute Gasteiger partial charge is 0.116 e. The van der Waals surface area contributed by atoms with Gasteiger partial charge in [0.1, 0.15) is 6.33 Å². The largest absolute Gasteiger partial charge is 0.392 e. The van der Waals surface area contributed by atoms with Crippen molar-refractivity contribution in [2.45, 2.75) is 26.4 Å². The number of rotatable bonds is 3. The number of hydrogen-bond donors (Lipinski definition) is 1. The molecule has 0 fully saturated rings. The molecule has 0 saturated heterocycles. The van der Waals surface area contributed by atoms with Gasteiger partial charge in [0.15, 0.2) is 0 Å². The Balaban J connectivity index is 2.31. The van der Waals surface area contributed by atoms with Crippen LogP contribution >= 0.6 is 11.3 Å². The fourth-order valence-electron chi connectivity index (χ4n) is 1.42. The fraction of sp³-hybridized carbons (Fsp3) is 0.455. The van der Waals surface area contributed by atoms with Crippen molar-refractivity contribution in [2.75, 3.05) is 0 Å². The second-order valence-corrected chi connectivity index (χ2v) is 4.89. The van der Waals surface area contributed by atoms with Gasteiger partial charge in [-0.25, -0.2) is 9.97 Å². The summed E-state index contributed by atoms with van der Waals surface area (Å²) in [6, 6.07) is 1.98. The molecule has 0 aromatic carbocycles. The first-order chi connectivity index (χ1) is 7.18. The molecule has 0 bridgehead atoms. The number of aliphatic hydroxyl groups excluding tert-OH is 1. The predicted molar refractivity (Wildman–Crippen MR) is 62.0 cm³/mol. The van der Waals surface area contributed by atoms with Gasteiger partial charge in [-0.15, -0.1) is 11.3 Å². The van der Waals surface area contributed by atoms with E-state index in [-0.39, 0.29) is 12.0 Å². The van der Waals surface area contributed by atoms with E-state index < -0.39 is 0 Å². The van der Waals surface area contributed by atoms with Crippen LogP contribution in [0.1, 0.15) is 19.5 Å². The minimum absolute atomic E-state index is 0.259. The van der Waals surface area contributed by atoms with Gasteiger partial charge in [-0.2, -0.15) is 0 Å². The Labute approximate surface area is 92.8 Å². The van der Waals surface area contributed by atoms with Gasteiger partial charge in [-0.3, -0.25) is 0 Å². The summed E-state index contributed by atoms with van der Waals surface area (Å²) >= 11 is 1.63. The molecule has 3 nitrogen and oxygen atoms in total. The number of nitrogens with zero attached hydrogens (tertiary/aromatic N) is 2. The van der Waals surface area contributed by atoms with E-state index in [0.717, 1.165) is 15.9 Å². The lowest BCUT2D eigenvalue weighted by atomic mass is 10.0. The molecule has 0 aliphatic carbocycles. The second kappa shape index (κ2) is 4.24. The highest BCUT2D eigenvalue weighted by Gasteiger charge is 2.13. The maximum atomic E-state index is 9.82. The molecular weight excluding hydrogens is 208 g/mol. The molecule has 0 radical (unpaired) electrons. The molecule has 2 aromatic rings. The predicted octanol–water partition coefficient (Wildman–Crippen LogP) is 2.25. The van der Waals surface area contributed by atoms with E-state index in [0.29, 0.717) is 6.42 Å². The third-order valence-electron chi connectivity index (χ3n) is 2.49. The molecule has 15 heavy (non-hydrogen) atoms. The highest BCUT2D eigenvalue weighted by molar-refractivity contribution is 7.17. The summed E-state index contributed by atoms with van der Waals surface area (Å²) in [4.78, 5) is 8.41. The Morgan fingerprint density at radius 2 is 2.20 bits per heavy atom. The summed E-state index contributed by atoms with van der Waals surface area (Å²) in [5, 5.41) is 11.8. The Bertz CT molecular complexity index is 453. The van der Waals surface area contributed by atoms with Gasteiger partial charge in [0.2, 0.25) is 0 Å². The number of aromatic nitrogens is 2. The lowest BCUT2D eigenvalue weighted by molar-refractivity contribution is 0.125. The first-order valence-electron chi connectivity index (χ1n) is 5.03. The highest BCUT2D eigenvalue weighted by atomic mass is 32.1. The standard InChI is InChI=1S/C11H14N2OS/c1-7(2)10(14)5-9-11-8(3-4-15-11)12-6-13-9/h3-4,6-7,10,14H,5H2,1-2H3. The maximum absolute atomic E-state index is 9.82. The fourth-order valence-corrected chi connectivity index (χ4v) is 2.27. The number of aliphatic hydroxyl groups is 1. The van der Waals surface area contributed by atoms with E-state index in [1.54, 1.807) is 17.7 Å². The molecule has 0 aliphatic rings. The number of fused-ring (bicyclic) bond motifs is 1. The summed E-state index contributed by atoms with van der Waals surface area (Å²) in [6.45, 7) is 4.02. The minimum Gasteiger partial charge on any atom is -0.392 e. The minimum atomic E-state index is -0.329. The molecule has 1 atom stereocenters. The molecule has 1 N–H and O–H groups in total. The lowest BCUT2D eigenvalue weighted by Crippen LogP contribution is -2.18. The molecule has 0 spiro atoms. The van der Waals surface area contributed by atoms with Crippen LogP contribution in [0.4, 0.5) is 0 Å². The highest BCUT2D eigenvalue weighted by Crippen LogP contribution is 2.22. The summed E-state index contributed by atoms with van der Waals surface area (Å²) in [5.41, 5.74) is 1.93. The van der Waals surface area contributed by atoms with Gasteiger partial charge in [-0.1, -0.05) is 13.8 Å². The van der Waals surface area contributed by atoms with Crippen LogP contribution in [0.2, 0.25) is 0 Å². The van der Waals surface area contributed by atoms with Crippen LogP contribution in [0.5, 0.6) is 0 Å². The summed E-state index contributed by atoms with van der Waals surface area (Å²) in [6.07, 6.45) is 1.85. The van der Waals surface area contributed by atoms with Crippen molar-refractivity contribution in [1.82, 2.24) is 9.97 Å². The Hall–Kier alpha value is -1.000. The molecule has 0 amide bonds. The lowest BCUT2D eigenvalue weighted by Gasteiger charge is -2.13. The van der Waals surface area contributed by atoms with Gasteiger partial charge >= 0.3 is 0 Å². The van der Waals surface area contributed by atoms with Gasteiger partial charge in [0, 0.05) is 6.42 Å². The van der Waals surface area contributed by atoms with Crippen LogP contribution in [0.15, 0.2) is 17.8 Å². The zero-order valence-corrected chi connectivity index (χ0v) is 9.66. The van der Waals surface area contributed by atoms with E-state index >= 15 is 0 Å². The molecule has 0 saturated carbocycles. The second-order valence-electron chi connectivity index (χ2n) is 3.97. The van der Waals surface area contributed by atoms with Gasteiger partial charge in [-0.05, 0) is 17.4 Å². The van der Waals surface area contributed by atoms with E-state index in [1.165, 1.54) is 0 Å². The van der Waals surface area contributed by atoms with Crippen molar-refractivity contribution in [3.8, 4) is 0 Å². The van der Waals surface area contributed by atoms with Crippen LogP contribution < -0.4 is 0 Å². The third kappa shape index (κ3) is 2.16. The van der Waals surface area contributed by atoms with Crippen LogP contribution in [-0.4, -0.2) is 21.2 Å². The van der Waals surface area contributed by atoms with Gasteiger partial charge in [0.25, 0.3) is 0 Å². The Morgan fingerprint density at radius 3 is 2.93 bits per heavy atom. The molecule has 1 unspecified atom stereocenters. The van der Waals surface area contributed by atoms with Gasteiger partial charge < -0.3 is 5.11 Å². The van der Waals surface area contributed by atoms with E-state index in [4.69, 9.17) is 0 Å². The topological polar surface area (TPSA) is 46.0 Å². The SMILES string of the molecule is CC(C)C(O)Cc1ncnc2ccsc12. The molecule has 0 aliphatic heterocycles. The van der Waals surface area contributed by atoms with Crippen molar-refractivity contribution < 1.29 is 5.11 Å². The van der Waals surface area contributed by atoms with Crippen LogP contribution in [0.25, 0.3) is 10.2 Å². The van der Waals surface area contributed by atoms with Crippen LogP contribution in [0, 0.1) is 5.92 Å². The molecule has 2 heterocycles. The van der Waals surface area contributed by atoms with Crippen molar-refractivity contribution in [3.05, 3.63) is 23.5 Å². The Kier molecular flexibility index (Phi) is 2.98. The van der Waals surface area contributed by atoms with Crippen LogP contribution in [-0.2, 0) is 6.42 Å². The van der Waals surface area contributed by atoms with E-state index in [2.05, 4.69) is 9.97 Å². The van der Waals surface area contributed by atoms with E-state index in [9.17, 15) is 5.11 Å². The van der Waals surface area contributed by atoms with Crippen molar-refractivity contribution in [3.63, 3.8) is 0 Å². The van der Waals surface area contributed by atoms with Crippen molar-refractivity contribution in [1.29, 1.82) is 0 Å². The number of hydrogen-bond acceptors (Lipinski definition) is 4. The normalized spacial score (nSPS) is 13.6. The number of thiophene rings is 1. The summed E-state index contributed by atoms with van der Waals surface area (Å²) in [5.74, 6) is 0.259. The maximum Gasteiger partial charge on any atom is 0.116 e. The first-order valence-corrected chi connectivity index (χ1v) is 5.91. The van der Waals surface area contributed by atoms with Crippen molar-refractivity contribution >= 4 is 21.6 Å². The van der Waals surface area contributed by atoms with E-state index in [1.807, 2.05) is 25.3 Å². The monoisotopic (exact) mass is 222 g/mol. The average Bonchev–Trinajstić information content (AvgIpc) is 2.66. The molecule has 2 rings (SSSR count). The average molecular weight is 222 g/mol. The van der Waals surface area contributed by atoms with Crippen molar-refractivity contribution in [2.24, 2.45) is 5.92 Å². The zero-order valence-electron chi connectivity index (χ0n) is 8.84. The third-order valence-corrected chi connectivity index (χ3v) is 3.44. The molecule has 80 valence electrons. The molecular formula is C11H14N2OS. The quantitative estimate of drug-likeness (QED) is 0.866. The van der Waals surface area contributed by atoms with Crippen LogP contribution in [0.3, 0.4) is 0 Å². The summed E-state index contributed by atoms with van der Waals surface area (Å²) < 4.78 is 1.09. The summed E-state index contributed by atoms with van der Waals surface area (Å²) in [7, 11) is 0. The zero-order chi connectivity index (χ0) is 10.8. The van der Waals surface area contributed by atoms with Gasteiger partial charge in [0.05, 0.1) is 22.0 Å². The molecule has 2 aromatic heterocycles.